The molecule has 0 aliphatic carbocycles. The van der Waals surface area contributed by atoms with Crippen molar-refractivity contribution in [1.29, 1.82) is 0 Å². The fourth-order valence-corrected chi connectivity index (χ4v) is 1.79. The summed E-state index contributed by atoms with van der Waals surface area (Å²) in [4.78, 5) is 22.6. The second kappa shape index (κ2) is 6.65. The molecule has 0 radical (unpaired) electrons. The number of hydrogen-bond donors (Lipinski definition) is 1. The molecule has 1 N–H and O–H groups in total. The molecule has 0 atom stereocenters. The molecule has 0 spiro atoms. The van der Waals surface area contributed by atoms with Crippen LogP contribution < -0.4 is 10.1 Å². The molecule has 0 bridgehead atoms. The van der Waals surface area contributed by atoms with Crippen LogP contribution in [0.5, 0.6) is 5.75 Å². The highest BCUT2D eigenvalue weighted by atomic mass is 19.1. The molecule has 0 heterocycles. The van der Waals surface area contributed by atoms with Gasteiger partial charge in [-0.1, -0.05) is 12.1 Å². The number of halogens is 1. The molecule has 21 heavy (non-hydrogen) atoms. The molecule has 2 rings (SSSR count). The third-order valence-corrected chi connectivity index (χ3v) is 2.64. The van der Waals surface area contributed by atoms with Gasteiger partial charge in [0.25, 0.3) is 0 Å². The summed E-state index contributed by atoms with van der Waals surface area (Å²) in [5, 5.41) is 2.61. The molecule has 2 aromatic carbocycles. The van der Waals surface area contributed by atoms with E-state index >= 15 is 0 Å². The first kappa shape index (κ1) is 14.7. The second-order valence-electron chi connectivity index (χ2n) is 4.49. The molecule has 0 fully saturated rings. The normalized spacial score (nSPS) is 10.0. The van der Waals surface area contributed by atoms with Gasteiger partial charge >= 0.3 is 5.97 Å². The number of benzene rings is 2. The van der Waals surface area contributed by atoms with Gasteiger partial charge in [0.1, 0.15) is 11.6 Å². The lowest BCUT2D eigenvalue weighted by Crippen LogP contribution is -2.11. The van der Waals surface area contributed by atoms with Gasteiger partial charge in [-0.2, -0.15) is 0 Å². The fraction of sp³-hybridized carbons (Fsp3) is 0.125. The van der Waals surface area contributed by atoms with Crippen LogP contribution in [0.4, 0.5) is 10.1 Å². The van der Waals surface area contributed by atoms with Crippen LogP contribution in [0.2, 0.25) is 0 Å². The SMILES string of the molecule is CC(=O)Nc1ccc(OC(=O)Cc2cccc(F)c2)cc1. The number of hydrogen-bond acceptors (Lipinski definition) is 3. The fourth-order valence-electron chi connectivity index (χ4n) is 1.79. The number of anilines is 1. The minimum absolute atomic E-state index is 0.00872. The van der Waals surface area contributed by atoms with E-state index in [9.17, 15) is 14.0 Å². The van der Waals surface area contributed by atoms with E-state index in [0.717, 1.165) is 0 Å². The van der Waals surface area contributed by atoms with Crippen molar-refractivity contribution >= 4 is 17.6 Å². The number of esters is 1. The Morgan fingerprint density at radius 2 is 1.86 bits per heavy atom. The summed E-state index contributed by atoms with van der Waals surface area (Å²) in [6.07, 6.45) is -0.00872. The number of rotatable bonds is 4. The van der Waals surface area contributed by atoms with E-state index < -0.39 is 5.97 Å². The van der Waals surface area contributed by atoms with Crippen molar-refractivity contribution in [3.8, 4) is 5.75 Å². The predicted octanol–water partition coefficient (Wildman–Crippen LogP) is 2.93. The lowest BCUT2D eigenvalue weighted by Gasteiger charge is -2.06. The lowest BCUT2D eigenvalue weighted by atomic mass is 10.1. The van der Waals surface area contributed by atoms with Gasteiger partial charge in [0, 0.05) is 12.6 Å². The molecule has 4 nitrogen and oxygen atoms in total. The summed E-state index contributed by atoms with van der Waals surface area (Å²) in [5.41, 5.74) is 1.17. The lowest BCUT2D eigenvalue weighted by molar-refractivity contribution is -0.133. The van der Waals surface area contributed by atoms with E-state index in [2.05, 4.69) is 5.32 Å². The zero-order chi connectivity index (χ0) is 15.2. The Kier molecular flexibility index (Phi) is 4.66. The second-order valence-corrected chi connectivity index (χ2v) is 4.49. The molecular weight excluding hydrogens is 273 g/mol. The van der Waals surface area contributed by atoms with E-state index in [1.54, 1.807) is 36.4 Å². The van der Waals surface area contributed by atoms with Gasteiger partial charge in [-0.3, -0.25) is 9.59 Å². The maximum atomic E-state index is 13.0. The van der Waals surface area contributed by atoms with E-state index in [1.165, 1.54) is 19.1 Å². The summed E-state index contributed by atoms with van der Waals surface area (Å²) >= 11 is 0. The van der Waals surface area contributed by atoms with Gasteiger partial charge in [-0.25, -0.2) is 4.39 Å². The van der Waals surface area contributed by atoms with Gasteiger partial charge < -0.3 is 10.1 Å². The summed E-state index contributed by atoms with van der Waals surface area (Å²) < 4.78 is 18.2. The number of ether oxygens (including phenoxy) is 1. The van der Waals surface area contributed by atoms with Gasteiger partial charge in [0.2, 0.25) is 5.91 Å². The van der Waals surface area contributed by atoms with Crippen LogP contribution in [0.25, 0.3) is 0 Å². The number of carbonyl (C=O) groups is 2. The minimum Gasteiger partial charge on any atom is -0.426 e. The largest absolute Gasteiger partial charge is 0.426 e. The molecule has 0 saturated carbocycles. The highest BCUT2D eigenvalue weighted by Gasteiger charge is 2.07. The van der Waals surface area contributed by atoms with Crippen LogP contribution in [-0.2, 0) is 16.0 Å². The van der Waals surface area contributed by atoms with Gasteiger partial charge in [0.15, 0.2) is 0 Å². The van der Waals surface area contributed by atoms with Crippen molar-refractivity contribution in [1.82, 2.24) is 0 Å². The maximum Gasteiger partial charge on any atom is 0.315 e. The third-order valence-electron chi connectivity index (χ3n) is 2.64. The van der Waals surface area contributed by atoms with Crippen LogP contribution in [0.15, 0.2) is 48.5 Å². The van der Waals surface area contributed by atoms with E-state index in [0.29, 0.717) is 17.0 Å². The smallest absolute Gasteiger partial charge is 0.315 e. The quantitative estimate of drug-likeness (QED) is 0.695. The van der Waals surface area contributed by atoms with Crippen LogP contribution in [0.1, 0.15) is 12.5 Å². The Hall–Kier alpha value is -2.69. The summed E-state index contributed by atoms with van der Waals surface area (Å²) in [5.74, 6) is -0.677. The van der Waals surface area contributed by atoms with Crippen molar-refractivity contribution in [2.75, 3.05) is 5.32 Å². The average Bonchev–Trinajstić information content (AvgIpc) is 2.40. The predicted molar refractivity (Wildman–Crippen MR) is 76.5 cm³/mol. The summed E-state index contributed by atoms with van der Waals surface area (Å²) in [7, 11) is 0. The Morgan fingerprint density at radius 1 is 1.14 bits per heavy atom. The Bertz CT molecular complexity index is 653. The molecule has 0 aliphatic rings. The van der Waals surface area contributed by atoms with Crippen LogP contribution in [-0.4, -0.2) is 11.9 Å². The maximum absolute atomic E-state index is 13.0. The third kappa shape index (κ3) is 4.72. The highest BCUT2D eigenvalue weighted by Crippen LogP contribution is 2.16. The number of nitrogens with one attached hydrogen (secondary N) is 1. The molecule has 0 aromatic heterocycles. The molecule has 0 saturated heterocycles. The zero-order valence-corrected chi connectivity index (χ0v) is 11.4. The molecule has 1 amide bonds. The van der Waals surface area contributed by atoms with Gasteiger partial charge in [-0.15, -0.1) is 0 Å². The molecule has 0 aliphatic heterocycles. The summed E-state index contributed by atoms with van der Waals surface area (Å²) in [6, 6.07) is 12.2. The Balaban J connectivity index is 1.95. The number of amides is 1. The van der Waals surface area contributed by atoms with Gasteiger partial charge in [0.05, 0.1) is 6.42 Å². The minimum atomic E-state index is -0.479. The van der Waals surface area contributed by atoms with Crippen molar-refractivity contribution in [3.05, 3.63) is 59.9 Å². The van der Waals surface area contributed by atoms with Crippen LogP contribution in [0.3, 0.4) is 0 Å². The van der Waals surface area contributed by atoms with E-state index in [-0.39, 0.29) is 18.1 Å². The van der Waals surface area contributed by atoms with Crippen molar-refractivity contribution < 1.29 is 18.7 Å². The molecule has 0 unspecified atom stereocenters. The first-order chi connectivity index (χ1) is 10.0. The molecule has 2 aromatic rings. The van der Waals surface area contributed by atoms with Crippen molar-refractivity contribution in [2.45, 2.75) is 13.3 Å². The van der Waals surface area contributed by atoms with Crippen molar-refractivity contribution in [2.24, 2.45) is 0 Å². The zero-order valence-electron chi connectivity index (χ0n) is 11.4. The molecular formula is C16H14FNO3. The van der Waals surface area contributed by atoms with Crippen LogP contribution in [0, 0.1) is 5.82 Å². The van der Waals surface area contributed by atoms with Crippen molar-refractivity contribution in [3.63, 3.8) is 0 Å². The van der Waals surface area contributed by atoms with Crippen LogP contribution >= 0.6 is 0 Å². The highest BCUT2D eigenvalue weighted by molar-refractivity contribution is 5.88. The summed E-state index contributed by atoms with van der Waals surface area (Å²) in [6.45, 7) is 1.41. The average molecular weight is 287 g/mol. The number of carbonyl (C=O) groups excluding carboxylic acids is 2. The topological polar surface area (TPSA) is 55.4 Å². The Labute approximate surface area is 121 Å². The first-order valence-corrected chi connectivity index (χ1v) is 6.36. The first-order valence-electron chi connectivity index (χ1n) is 6.36. The Morgan fingerprint density at radius 3 is 2.48 bits per heavy atom. The van der Waals surface area contributed by atoms with E-state index in [1.807, 2.05) is 0 Å². The standard InChI is InChI=1S/C16H14FNO3/c1-11(19)18-14-5-7-15(8-6-14)21-16(20)10-12-3-2-4-13(17)9-12/h2-9H,10H2,1H3,(H,18,19). The van der Waals surface area contributed by atoms with Gasteiger partial charge in [-0.05, 0) is 42.0 Å². The van der Waals surface area contributed by atoms with E-state index in [4.69, 9.17) is 4.74 Å². The molecule has 108 valence electrons. The molecule has 5 heteroatoms. The monoisotopic (exact) mass is 287 g/mol.